The van der Waals surface area contributed by atoms with Crippen LogP contribution in [0.3, 0.4) is 0 Å². The lowest BCUT2D eigenvalue weighted by Crippen LogP contribution is -2.41. The Bertz CT molecular complexity index is 451. The molecule has 0 bridgehead atoms. The maximum Gasteiger partial charge on any atom is 0.293 e. The number of piperidine rings is 1. The highest BCUT2D eigenvalue weighted by molar-refractivity contribution is 5.90. The second-order valence-electron chi connectivity index (χ2n) is 6.27. The topological polar surface area (TPSA) is 61.9 Å². The molecule has 1 aromatic rings. The van der Waals surface area contributed by atoms with Crippen molar-refractivity contribution in [2.45, 2.75) is 45.4 Å². The Morgan fingerprint density at radius 2 is 2.00 bits per heavy atom. The van der Waals surface area contributed by atoms with Gasteiger partial charge in [-0.25, -0.2) is 4.98 Å². The van der Waals surface area contributed by atoms with Crippen molar-refractivity contribution in [3.63, 3.8) is 0 Å². The monoisotopic (exact) mass is 248 g/mol. The van der Waals surface area contributed by atoms with Crippen LogP contribution in [0, 0.1) is 5.41 Å². The molecule has 5 nitrogen and oxygen atoms in total. The summed E-state index contributed by atoms with van der Waals surface area (Å²) in [6, 6.07) is 0. The molecule has 0 aromatic carbocycles. The standard InChI is InChI=1S/C13H20N4O/c1-13(2)5-7-17(8-6-13)12(18)11-14-10(15-16-11)9-3-4-9/h9H,3-8H2,1-2H3,(H,14,15,16). The molecule has 0 unspecified atom stereocenters. The third-order valence-corrected chi connectivity index (χ3v) is 4.06. The Balaban J connectivity index is 1.66. The zero-order chi connectivity index (χ0) is 12.8. The predicted molar refractivity (Wildman–Crippen MR) is 67.3 cm³/mol. The number of carbonyl (C=O) groups is 1. The summed E-state index contributed by atoms with van der Waals surface area (Å²) in [6.45, 7) is 6.15. The Labute approximate surface area is 107 Å². The molecule has 3 rings (SSSR count). The summed E-state index contributed by atoms with van der Waals surface area (Å²) in [5.41, 5.74) is 0.356. The molecule has 2 aliphatic rings. The number of aromatic nitrogens is 3. The van der Waals surface area contributed by atoms with Gasteiger partial charge in [0.15, 0.2) is 0 Å². The summed E-state index contributed by atoms with van der Waals surface area (Å²) in [7, 11) is 0. The van der Waals surface area contributed by atoms with E-state index in [0.717, 1.165) is 31.8 Å². The highest BCUT2D eigenvalue weighted by Gasteiger charge is 2.32. The number of amides is 1. The van der Waals surface area contributed by atoms with Crippen LogP contribution in [-0.2, 0) is 0 Å². The lowest BCUT2D eigenvalue weighted by atomic mass is 9.83. The number of nitrogens with one attached hydrogen (secondary N) is 1. The van der Waals surface area contributed by atoms with E-state index in [0.29, 0.717) is 17.2 Å². The van der Waals surface area contributed by atoms with Gasteiger partial charge in [-0.15, -0.1) is 5.10 Å². The summed E-state index contributed by atoms with van der Waals surface area (Å²) in [4.78, 5) is 18.5. The largest absolute Gasteiger partial charge is 0.336 e. The molecule has 1 saturated heterocycles. The molecule has 1 aliphatic heterocycles. The van der Waals surface area contributed by atoms with Crippen molar-refractivity contribution >= 4 is 5.91 Å². The first-order chi connectivity index (χ1) is 8.55. The lowest BCUT2D eigenvalue weighted by Gasteiger charge is -2.36. The summed E-state index contributed by atoms with van der Waals surface area (Å²) in [5, 5.41) is 6.96. The molecule has 18 heavy (non-hydrogen) atoms. The van der Waals surface area contributed by atoms with E-state index in [9.17, 15) is 4.79 Å². The van der Waals surface area contributed by atoms with Crippen molar-refractivity contribution in [3.8, 4) is 0 Å². The highest BCUT2D eigenvalue weighted by Crippen LogP contribution is 2.37. The van der Waals surface area contributed by atoms with Gasteiger partial charge in [-0.3, -0.25) is 9.89 Å². The minimum Gasteiger partial charge on any atom is -0.336 e. The highest BCUT2D eigenvalue weighted by atomic mass is 16.2. The van der Waals surface area contributed by atoms with E-state index < -0.39 is 0 Å². The second-order valence-corrected chi connectivity index (χ2v) is 6.27. The van der Waals surface area contributed by atoms with E-state index in [4.69, 9.17) is 0 Å². The van der Waals surface area contributed by atoms with E-state index in [1.54, 1.807) is 0 Å². The summed E-state index contributed by atoms with van der Waals surface area (Å²) in [6.07, 6.45) is 4.44. The quantitative estimate of drug-likeness (QED) is 0.870. The van der Waals surface area contributed by atoms with Crippen molar-refractivity contribution in [2.75, 3.05) is 13.1 Å². The molecule has 1 aromatic heterocycles. The van der Waals surface area contributed by atoms with E-state index >= 15 is 0 Å². The Kier molecular flexibility index (Phi) is 2.64. The number of hydrogen-bond donors (Lipinski definition) is 1. The average molecular weight is 248 g/mol. The molecule has 2 fully saturated rings. The molecule has 98 valence electrons. The molecule has 5 heteroatoms. The first kappa shape index (κ1) is 11.7. The zero-order valence-electron chi connectivity index (χ0n) is 11.1. The maximum atomic E-state index is 12.2. The Morgan fingerprint density at radius 3 is 2.61 bits per heavy atom. The number of hydrogen-bond acceptors (Lipinski definition) is 3. The fourth-order valence-corrected chi connectivity index (χ4v) is 2.37. The van der Waals surface area contributed by atoms with Crippen LogP contribution in [0.25, 0.3) is 0 Å². The number of H-pyrrole nitrogens is 1. The van der Waals surface area contributed by atoms with Crippen molar-refractivity contribution in [2.24, 2.45) is 5.41 Å². The molecule has 1 N–H and O–H groups in total. The number of aromatic amines is 1. The normalized spacial score (nSPS) is 23.1. The van der Waals surface area contributed by atoms with Gasteiger partial charge in [0.2, 0.25) is 5.82 Å². The molecule has 2 heterocycles. The Hall–Kier alpha value is -1.39. The van der Waals surface area contributed by atoms with Crippen molar-refractivity contribution in [1.82, 2.24) is 20.1 Å². The van der Waals surface area contributed by atoms with Crippen molar-refractivity contribution in [1.29, 1.82) is 0 Å². The van der Waals surface area contributed by atoms with Gasteiger partial charge in [0.25, 0.3) is 5.91 Å². The van der Waals surface area contributed by atoms with Gasteiger partial charge in [-0.05, 0) is 31.1 Å². The summed E-state index contributed by atoms with van der Waals surface area (Å²) >= 11 is 0. The molecule has 1 amide bonds. The minimum atomic E-state index is -0.0198. The van der Waals surface area contributed by atoms with Gasteiger partial charge >= 0.3 is 0 Å². The Morgan fingerprint density at radius 1 is 1.33 bits per heavy atom. The predicted octanol–water partition coefficient (Wildman–Crippen LogP) is 1.94. The third-order valence-electron chi connectivity index (χ3n) is 4.06. The van der Waals surface area contributed by atoms with E-state index in [1.165, 1.54) is 12.8 Å². The van der Waals surface area contributed by atoms with Crippen molar-refractivity contribution < 1.29 is 4.79 Å². The second kappa shape index (κ2) is 4.07. The van der Waals surface area contributed by atoms with Gasteiger partial charge < -0.3 is 4.90 Å². The SMILES string of the molecule is CC1(C)CCN(C(=O)c2n[nH]c(C3CC3)n2)CC1. The lowest BCUT2D eigenvalue weighted by molar-refractivity contribution is 0.0618. The molecule has 1 aliphatic carbocycles. The van der Waals surface area contributed by atoms with Crippen LogP contribution < -0.4 is 0 Å². The van der Waals surface area contributed by atoms with E-state index in [-0.39, 0.29) is 5.91 Å². The van der Waals surface area contributed by atoms with Gasteiger partial charge in [0.1, 0.15) is 5.82 Å². The third kappa shape index (κ3) is 2.26. The van der Waals surface area contributed by atoms with Gasteiger partial charge in [-0.2, -0.15) is 0 Å². The number of carbonyl (C=O) groups excluding carboxylic acids is 1. The van der Waals surface area contributed by atoms with Gasteiger partial charge in [0, 0.05) is 19.0 Å². The van der Waals surface area contributed by atoms with Crippen LogP contribution in [0.2, 0.25) is 0 Å². The van der Waals surface area contributed by atoms with Crippen LogP contribution in [0.15, 0.2) is 0 Å². The van der Waals surface area contributed by atoms with Crippen LogP contribution in [0.1, 0.15) is 61.9 Å². The number of nitrogens with zero attached hydrogens (tertiary/aromatic N) is 3. The molecule has 0 radical (unpaired) electrons. The fraction of sp³-hybridized carbons (Fsp3) is 0.769. The smallest absolute Gasteiger partial charge is 0.293 e. The first-order valence-electron chi connectivity index (χ1n) is 6.77. The molecule has 1 saturated carbocycles. The van der Waals surface area contributed by atoms with E-state index in [1.807, 2.05) is 4.90 Å². The van der Waals surface area contributed by atoms with E-state index in [2.05, 4.69) is 29.0 Å². The maximum absolute atomic E-state index is 12.2. The average Bonchev–Trinajstić information content (AvgIpc) is 3.06. The molecular formula is C13H20N4O. The van der Waals surface area contributed by atoms with Gasteiger partial charge in [-0.1, -0.05) is 13.8 Å². The molecule has 0 atom stereocenters. The van der Waals surface area contributed by atoms with Crippen LogP contribution in [0.5, 0.6) is 0 Å². The van der Waals surface area contributed by atoms with Crippen LogP contribution >= 0.6 is 0 Å². The summed E-state index contributed by atoms with van der Waals surface area (Å²) < 4.78 is 0. The number of rotatable bonds is 2. The van der Waals surface area contributed by atoms with Crippen LogP contribution in [0.4, 0.5) is 0 Å². The fourth-order valence-electron chi connectivity index (χ4n) is 2.37. The van der Waals surface area contributed by atoms with Gasteiger partial charge in [0.05, 0.1) is 0 Å². The van der Waals surface area contributed by atoms with Crippen molar-refractivity contribution in [3.05, 3.63) is 11.6 Å². The molecule has 0 spiro atoms. The first-order valence-corrected chi connectivity index (χ1v) is 6.77. The minimum absolute atomic E-state index is 0.0198. The zero-order valence-corrected chi connectivity index (χ0v) is 11.1. The number of likely N-dealkylation sites (tertiary alicyclic amines) is 1. The molecular weight excluding hydrogens is 228 g/mol. The summed E-state index contributed by atoms with van der Waals surface area (Å²) in [5.74, 6) is 1.72. The van der Waals surface area contributed by atoms with Crippen LogP contribution in [-0.4, -0.2) is 39.1 Å².